The van der Waals surface area contributed by atoms with Crippen molar-refractivity contribution in [3.8, 4) is 11.5 Å². The Morgan fingerprint density at radius 3 is 2.61 bits per heavy atom. The van der Waals surface area contributed by atoms with Gasteiger partial charge < -0.3 is 9.47 Å². The molecule has 10 heteroatoms. The summed E-state index contributed by atoms with van der Waals surface area (Å²) in [4.78, 5) is 33.4. The van der Waals surface area contributed by atoms with Crippen molar-refractivity contribution in [2.75, 3.05) is 6.61 Å². The Balaban J connectivity index is 1.42. The summed E-state index contributed by atoms with van der Waals surface area (Å²) in [5, 5.41) is 15.3. The summed E-state index contributed by atoms with van der Waals surface area (Å²) in [5.41, 5.74) is 1.89. The molecule has 9 nitrogen and oxygen atoms in total. The lowest BCUT2D eigenvalue weighted by molar-refractivity contribution is -0.114. The first-order valence-electron chi connectivity index (χ1n) is 11.0. The number of hydrogen-bond donors (Lipinski definition) is 1. The van der Waals surface area contributed by atoms with E-state index in [1.165, 1.54) is 16.8 Å². The molecule has 1 N–H and O–H groups in total. The Morgan fingerprint density at radius 2 is 1.86 bits per heavy atom. The lowest BCUT2D eigenvalue weighted by Gasteiger charge is -2.20. The van der Waals surface area contributed by atoms with E-state index >= 15 is 0 Å². The molecule has 0 unspecified atom stereocenters. The highest BCUT2D eigenvalue weighted by Gasteiger charge is 2.36. The predicted octanol–water partition coefficient (Wildman–Crippen LogP) is 4.37. The molecule has 0 fully saturated rings. The number of aliphatic imine (C=N–C) groups is 1. The minimum atomic E-state index is -0.539. The Labute approximate surface area is 210 Å². The zero-order chi connectivity index (χ0) is 25.1. The van der Waals surface area contributed by atoms with Crippen molar-refractivity contribution < 1.29 is 19.1 Å². The Kier molecular flexibility index (Phi) is 6.42. The number of hydrogen-bond acceptors (Lipinski definition) is 8. The zero-order valence-electron chi connectivity index (χ0n) is 19.0. The van der Waals surface area contributed by atoms with E-state index in [0.717, 1.165) is 5.56 Å². The number of benzene rings is 2. The number of amides is 1. The third kappa shape index (κ3) is 4.66. The van der Waals surface area contributed by atoms with Crippen LogP contribution in [0.25, 0.3) is 6.08 Å². The first-order chi connectivity index (χ1) is 17.5. The van der Waals surface area contributed by atoms with Crippen LogP contribution in [0.3, 0.4) is 0 Å². The molecule has 1 aromatic heterocycles. The van der Waals surface area contributed by atoms with Gasteiger partial charge in [0.05, 0.1) is 17.7 Å². The Morgan fingerprint density at radius 1 is 1.08 bits per heavy atom. The molecule has 0 radical (unpaired) electrons. The van der Waals surface area contributed by atoms with Crippen molar-refractivity contribution in [1.29, 1.82) is 5.41 Å². The van der Waals surface area contributed by atoms with Gasteiger partial charge in [-0.1, -0.05) is 24.3 Å². The van der Waals surface area contributed by atoms with Crippen molar-refractivity contribution >= 4 is 45.8 Å². The lowest BCUT2D eigenvalue weighted by Crippen LogP contribution is -2.35. The fraction of sp³-hybridized carbons (Fsp3) is 0.0769. The van der Waals surface area contributed by atoms with Crippen LogP contribution in [0.5, 0.6) is 11.5 Å². The molecular weight excluding hydrogens is 478 g/mol. The molecule has 0 saturated heterocycles. The van der Waals surface area contributed by atoms with Crippen LogP contribution >= 0.6 is 11.8 Å². The fourth-order valence-corrected chi connectivity index (χ4v) is 4.37. The van der Waals surface area contributed by atoms with E-state index in [2.05, 4.69) is 15.1 Å². The predicted molar refractivity (Wildman–Crippen MR) is 137 cm³/mol. The van der Waals surface area contributed by atoms with Gasteiger partial charge in [0.15, 0.2) is 17.3 Å². The number of amidine groups is 2. The SMILES string of the molecule is CCOc1cc(C=C2C(=N)N3N=C(c4ccncc4)SC3=NC2=O)ccc1OC(=O)c1ccccc1. The summed E-state index contributed by atoms with van der Waals surface area (Å²) in [6.45, 7) is 2.16. The molecule has 0 saturated carbocycles. The molecule has 0 aliphatic carbocycles. The molecule has 178 valence electrons. The monoisotopic (exact) mass is 497 g/mol. The molecule has 1 amide bonds. The van der Waals surface area contributed by atoms with Gasteiger partial charge in [0.2, 0.25) is 5.17 Å². The second-order valence-electron chi connectivity index (χ2n) is 7.56. The lowest BCUT2D eigenvalue weighted by atomic mass is 10.1. The number of nitrogens with one attached hydrogen (secondary N) is 1. The van der Waals surface area contributed by atoms with E-state index in [0.29, 0.717) is 33.7 Å². The Hall–Kier alpha value is -4.57. The maximum Gasteiger partial charge on any atom is 0.343 e. The van der Waals surface area contributed by atoms with Crippen LogP contribution in [0.2, 0.25) is 0 Å². The van der Waals surface area contributed by atoms with Crippen molar-refractivity contribution in [3.63, 3.8) is 0 Å². The number of ether oxygens (including phenoxy) is 2. The van der Waals surface area contributed by atoms with Crippen molar-refractivity contribution in [1.82, 2.24) is 9.99 Å². The zero-order valence-corrected chi connectivity index (χ0v) is 19.9. The average molecular weight is 498 g/mol. The van der Waals surface area contributed by atoms with Gasteiger partial charge in [-0.15, -0.1) is 0 Å². The summed E-state index contributed by atoms with van der Waals surface area (Å²) in [7, 11) is 0. The summed E-state index contributed by atoms with van der Waals surface area (Å²) in [6.07, 6.45) is 4.84. The first-order valence-corrected chi connectivity index (χ1v) is 11.8. The number of pyridine rings is 1. The molecular formula is C26H19N5O4S. The maximum absolute atomic E-state index is 12.8. The number of aromatic nitrogens is 1. The number of hydrazone groups is 1. The topological polar surface area (TPSA) is 117 Å². The van der Waals surface area contributed by atoms with Gasteiger partial charge in [-0.2, -0.15) is 15.1 Å². The smallest absolute Gasteiger partial charge is 0.343 e. The minimum Gasteiger partial charge on any atom is -0.490 e. The van der Waals surface area contributed by atoms with Crippen LogP contribution in [0.15, 0.2) is 88.7 Å². The van der Waals surface area contributed by atoms with Crippen molar-refractivity contribution in [3.05, 3.63) is 95.3 Å². The van der Waals surface area contributed by atoms with Gasteiger partial charge in [-0.3, -0.25) is 15.2 Å². The number of fused-ring (bicyclic) bond motifs is 1. The highest BCUT2D eigenvalue weighted by atomic mass is 32.2. The van der Waals surface area contributed by atoms with E-state index in [9.17, 15) is 9.59 Å². The third-order valence-corrected chi connectivity index (χ3v) is 6.13. The normalized spacial score (nSPS) is 15.9. The van der Waals surface area contributed by atoms with Crippen molar-refractivity contribution in [2.24, 2.45) is 10.1 Å². The molecule has 2 aliphatic rings. The van der Waals surface area contributed by atoms with E-state index in [1.54, 1.807) is 73.1 Å². The standard InChI is InChI=1S/C26H19N5O4S/c1-2-34-21-15-16(8-9-20(21)35-25(33)18-6-4-3-5-7-18)14-19-22(27)31-26(29-23(19)32)36-24(30-31)17-10-12-28-13-11-17/h3-15,27H,2H2,1H3. The molecule has 5 rings (SSSR count). The maximum atomic E-state index is 12.8. The quantitative estimate of drug-likeness (QED) is 0.305. The molecule has 0 atom stereocenters. The second kappa shape index (κ2) is 9.96. The van der Waals surface area contributed by atoms with Gasteiger partial charge in [-0.05, 0) is 66.7 Å². The molecule has 3 aromatic rings. The summed E-state index contributed by atoms with van der Waals surface area (Å²) < 4.78 is 11.2. The largest absolute Gasteiger partial charge is 0.490 e. The number of carbonyl (C=O) groups is 2. The number of nitrogens with zero attached hydrogens (tertiary/aromatic N) is 4. The average Bonchev–Trinajstić information content (AvgIpc) is 3.33. The van der Waals surface area contributed by atoms with Gasteiger partial charge in [0.1, 0.15) is 5.04 Å². The molecule has 0 bridgehead atoms. The van der Waals surface area contributed by atoms with Crippen molar-refractivity contribution in [2.45, 2.75) is 6.92 Å². The van der Waals surface area contributed by atoms with E-state index in [1.807, 2.05) is 13.0 Å². The number of esters is 1. The van der Waals surface area contributed by atoms with Crippen LogP contribution in [-0.2, 0) is 4.79 Å². The van der Waals surface area contributed by atoms with Gasteiger partial charge in [0.25, 0.3) is 5.91 Å². The van der Waals surface area contributed by atoms with Gasteiger partial charge in [0, 0.05) is 18.0 Å². The minimum absolute atomic E-state index is 0.0792. The van der Waals surface area contributed by atoms with E-state index in [-0.39, 0.29) is 17.2 Å². The molecule has 36 heavy (non-hydrogen) atoms. The molecule has 0 spiro atoms. The Bertz CT molecular complexity index is 1450. The second-order valence-corrected chi connectivity index (χ2v) is 8.51. The van der Waals surface area contributed by atoms with Crippen LogP contribution in [0.1, 0.15) is 28.4 Å². The number of rotatable bonds is 6. The number of carbonyl (C=O) groups excluding carboxylic acids is 2. The third-order valence-electron chi connectivity index (χ3n) is 5.17. The van der Waals surface area contributed by atoms with E-state index < -0.39 is 11.9 Å². The highest BCUT2D eigenvalue weighted by molar-refractivity contribution is 8.27. The molecule has 3 heterocycles. The van der Waals surface area contributed by atoms with E-state index in [4.69, 9.17) is 14.9 Å². The summed E-state index contributed by atoms with van der Waals surface area (Å²) >= 11 is 1.22. The summed E-state index contributed by atoms with van der Waals surface area (Å²) in [6, 6.07) is 17.2. The molecule has 2 aromatic carbocycles. The van der Waals surface area contributed by atoms with Gasteiger partial charge >= 0.3 is 5.97 Å². The van der Waals surface area contributed by atoms with Gasteiger partial charge in [-0.25, -0.2) is 4.79 Å². The fourth-order valence-electron chi connectivity index (χ4n) is 3.47. The van der Waals surface area contributed by atoms with Crippen LogP contribution in [0, 0.1) is 5.41 Å². The van der Waals surface area contributed by atoms with Crippen LogP contribution < -0.4 is 9.47 Å². The number of thioether (sulfide) groups is 1. The highest BCUT2D eigenvalue weighted by Crippen LogP contribution is 2.33. The summed E-state index contributed by atoms with van der Waals surface area (Å²) in [5.74, 6) is -0.546. The first kappa shape index (κ1) is 23.2. The van der Waals surface area contributed by atoms with Crippen LogP contribution in [0.4, 0.5) is 0 Å². The molecule has 2 aliphatic heterocycles. The van der Waals surface area contributed by atoms with Crippen LogP contribution in [-0.4, -0.2) is 44.5 Å².